The standard InChI is InChI=1S/C10H8F4O/c1-5-4-8(11)6(2)3-7(5)9(15)10(12,13)14/h3-4H,1-2H3. The highest BCUT2D eigenvalue weighted by Crippen LogP contribution is 2.25. The van der Waals surface area contributed by atoms with Gasteiger partial charge in [0, 0.05) is 5.56 Å². The Bertz CT molecular complexity index is 407. The summed E-state index contributed by atoms with van der Waals surface area (Å²) >= 11 is 0. The second-order valence-electron chi connectivity index (χ2n) is 3.24. The maximum atomic E-state index is 12.9. The molecule has 0 fully saturated rings. The Morgan fingerprint density at radius 3 is 2.13 bits per heavy atom. The third kappa shape index (κ3) is 2.34. The van der Waals surface area contributed by atoms with E-state index in [0.29, 0.717) is 0 Å². The van der Waals surface area contributed by atoms with E-state index in [2.05, 4.69) is 0 Å². The predicted molar refractivity (Wildman–Crippen MR) is 46.3 cm³/mol. The number of carbonyl (C=O) groups excluding carboxylic acids is 1. The Morgan fingerprint density at radius 2 is 1.67 bits per heavy atom. The van der Waals surface area contributed by atoms with Gasteiger partial charge in [-0.25, -0.2) is 4.39 Å². The number of halogens is 4. The lowest BCUT2D eigenvalue weighted by Crippen LogP contribution is -2.23. The van der Waals surface area contributed by atoms with E-state index in [1.165, 1.54) is 13.8 Å². The third-order valence-electron chi connectivity index (χ3n) is 2.01. The first kappa shape index (κ1) is 11.7. The van der Waals surface area contributed by atoms with E-state index in [1.807, 2.05) is 0 Å². The van der Waals surface area contributed by atoms with E-state index in [1.54, 1.807) is 0 Å². The van der Waals surface area contributed by atoms with Crippen LogP contribution in [0.15, 0.2) is 12.1 Å². The number of carbonyl (C=O) groups is 1. The van der Waals surface area contributed by atoms with Crippen LogP contribution in [0.1, 0.15) is 21.5 Å². The van der Waals surface area contributed by atoms with Crippen molar-refractivity contribution in [3.63, 3.8) is 0 Å². The van der Waals surface area contributed by atoms with Gasteiger partial charge in [-0.3, -0.25) is 4.79 Å². The minimum absolute atomic E-state index is 0.0135. The number of hydrogen-bond donors (Lipinski definition) is 0. The number of benzene rings is 1. The minimum atomic E-state index is -4.92. The Labute approximate surface area is 83.7 Å². The molecule has 0 aliphatic carbocycles. The molecule has 0 aliphatic heterocycles. The number of alkyl halides is 3. The Balaban J connectivity index is 3.28. The highest BCUT2D eigenvalue weighted by Gasteiger charge is 2.40. The molecule has 0 radical (unpaired) electrons. The number of rotatable bonds is 1. The summed E-state index contributed by atoms with van der Waals surface area (Å²) in [6.07, 6.45) is -4.92. The van der Waals surface area contributed by atoms with Gasteiger partial charge in [0.05, 0.1) is 0 Å². The molecule has 0 bridgehead atoms. The zero-order chi connectivity index (χ0) is 11.8. The quantitative estimate of drug-likeness (QED) is 0.524. The molecule has 82 valence electrons. The lowest BCUT2D eigenvalue weighted by atomic mass is 10.0. The molecular weight excluding hydrogens is 212 g/mol. The van der Waals surface area contributed by atoms with Crippen LogP contribution in [-0.2, 0) is 0 Å². The van der Waals surface area contributed by atoms with Gasteiger partial charge < -0.3 is 0 Å². The van der Waals surface area contributed by atoms with Crippen LogP contribution in [-0.4, -0.2) is 12.0 Å². The highest BCUT2D eigenvalue weighted by molar-refractivity contribution is 6.01. The summed E-state index contributed by atoms with van der Waals surface area (Å²) < 4.78 is 49.2. The summed E-state index contributed by atoms with van der Waals surface area (Å²) in [5, 5.41) is 0. The van der Waals surface area contributed by atoms with Crippen LogP contribution in [0.25, 0.3) is 0 Å². The van der Waals surface area contributed by atoms with Crippen molar-refractivity contribution in [2.24, 2.45) is 0 Å². The van der Waals surface area contributed by atoms with E-state index in [9.17, 15) is 22.4 Å². The van der Waals surface area contributed by atoms with Gasteiger partial charge in [0.15, 0.2) is 0 Å². The van der Waals surface area contributed by atoms with Crippen molar-refractivity contribution in [2.75, 3.05) is 0 Å². The Kier molecular flexibility index (Phi) is 2.83. The summed E-state index contributed by atoms with van der Waals surface area (Å²) in [7, 11) is 0. The molecule has 0 aromatic heterocycles. The summed E-state index contributed by atoms with van der Waals surface area (Å²) in [4.78, 5) is 10.9. The summed E-state index contributed by atoms with van der Waals surface area (Å²) in [6.45, 7) is 2.57. The molecule has 5 heteroatoms. The number of Topliss-reactive ketones (excluding diaryl/α,β-unsaturated/α-hetero) is 1. The average molecular weight is 220 g/mol. The molecule has 0 atom stereocenters. The number of ketones is 1. The van der Waals surface area contributed by atoms with Gasteiger partial charge in [-0.1, -0.05) is 0 Å². The van der Waals surface area contributed by atoms with Gasteiger partial charge in [-0.15, -0.1) is 0 Å². The average Bonchev–Trinajstić information content (AvgIpc) is 2.08. The number of hydrogen-bond acceptors (Lipinski definition) is 1. The normalized spacial score (nSPS) is 11.6. The maximum absolute atomic E-state index is 12.9. The largest absolute Gasteiger partial charge is 0.454 e. The summed E-state index contributed by atoms with van der Waals surface area (Å²) in [6, 6.07) is 1.84. The second kappa shape index (κ2) is 3.64. The Morgan fingerprint density at radius 1 is 1.13 bits per heavy atom. The van der Waals surface area contributed by atoms with Gasteiger partial charge in [0.25, 0.3) is 5.78 Å². The van der Waals surface area contributed by atoms with Gasteiger partial charge >= 0.3 is 6.18 Å². The zero-order valence-electron chi connectivity index (χ0n) is 8.07. The topological polar surface area (TPSA) is 17.1 Å². The SMILES string of the molecule is Cc1cc(C(=O)C(F)(F)F)c(C)cc1F. The van der Waals surface area contributed by atoms with E-state index in [4.69, 9.17) is 0 Å². The van der Waals surface area contributed by atoms with E-state index in [0.717, 1.165) is 12.1 Å². The molecule has 1 nitrogen and oxygen atoms in total. The summed E-state index contributed by atoms with van der Waals surface area (Å²) in [5.74, 6) is -2.56. The molecular formula is C10H8F4O. The molecule has 1 aromatic carbocycles. The summed E-state index contributed by atoms with van der Waals surface area (Å²) in [5.41, 5.74) is -0.491. The fraction of sp³-hybridized carbons (Fsp3) is 0.300. The van der Waals surface area contributed by atoms with Gasteiger partial charge in [-0.2, -0.15) is 13.2 Å². The Hall–Kier alpha value is -1.39. The van der Waals surface area contributed by atoms with Crippen LogP contribution in [0, 0.1) is 19.7 Å². The zero-order valence-corrected chi connectivity index (χ0v) is 8.07. The van der Waals surface area contributed by atoms with Gasteiger partial charge in [-0.05, 0) is 37.1 Å². The molecule has 0 unspecified atom stereocenters. The molecule has 0 spiro atoms. The van der Waals surface area contributed by atoms with Crippen molar-refractivity contribution in [1.29, 1.82) is 0 Å². The van der Waals surface area contributed by atoms with Crippen LogP contribution in [0.2, 0.25) is 0 Å². The lowest BCUT2D eigenvalue weighted by Gasteiger charge is -2.09. The molecule has 0 aliphatic rings. The first-order valence-corrected chi connectivity index (χ1v) is 4.11. The molecule has 0 heterocycles. The van der Waals surface area contributed by atoms with Crippen molar-refractivity contribution in [3.8, 4) is 0 Å². The van der Waals surface area contributed by atoms with Crippen molar-refractivity contribution in [1.82, 2.24) is 0 Å². The van der Waals surface area contributed by atoms with Crippen LogP contribution < -0.4 is 0 Å². The van der Waals surface area contributed by atoms with E-state index < -0.39 is 23.3 Å². The van der Waals surface area contributed by atoms with Crippen molar-refractivity contribution >= 4 is 5.78 Å². The van der Waals surface area contributed by atoms with Crippen molar-refractivity contribution < 1.29 is 22.4 Å². The van der Waals surface area contributed by atoms with Crippen LogP contribution >= 0.6 is 0 Å². The molecule has 0 saturated carbocycles. The molecule has 1 rings (SSSR count). The first-order chi connectivity index (χ1) is 6.73. The van der Waals surface area contributed by atoms with Crippen molar-refractivity contribution in [2.45, 2.75) is 20.0 Å². The van der Waals surface area contributed by atoms with E-state index >= 15 is 0 Å². The van der Waals surface area contributed by atoms with Gasteiger partial charge in [0.1, 0.15) is 5.82 Å². The third-order valence-corrected chi connectivity index (χ3v) is 2.01. The maximum Gasteiger partial charge on any atom is 0.454 e. The van der Waals surface area contributed by atoms with Crippen LogP contribution in [0.3, 0.4) is 0 Å². The van der Waals surface area contributed by atoms with Gasteiger partial charge in [0.2, 0.25) is 0 Å². The second-order valence-corrected chi connectivity index (χ2v) is 3.24. The van der Waals surface area contributed by atoms with E-state index in [-0.39, 0.29) is 11.1 Å². The molecule has 0 saturated heterocycles. The molecule has 1 aromatic rings. The number of aryl methyl sites for hydroxylation is 2. The monoisotopic (exact) mass is 220 g/mol. The molecule has 0 N–H and O–H groups in total. The predicted octanol–water partition coefficient (Wildman–Crippen LogP) is 3.19. The molecule has 0 amide bonds. The minimum Gasteiger partial charge on any atom is -0.284 e. The molecule has 15 heavy (non-hydrogen) atoms. The highest BCUT2D eigenvalue weighted by atomic mass is 19.4. The fourth-order valence-electron chi connectivity index (χ4n) is 1.18. The fourth-order valence-corrected chi connectivity index (χ4v) is 1.18. The lowest BCUT2D eigenvalue weighted by molar-refractivity contribution is -0.0885. The van der Waals surface area contributed by atoms with Crippen LogP contribution in [0.4, 0.5) is 17.6 Å². The van der Waals surface area contributed by atoms with Crippen molar-refractivity contribution in [3.05, 3.63) is 34.6 Å². The smallest absolute Gasteiger partial charge is 0.284 e. The first-order valence-electron chi connectivity index (χ1n) is 4.11. The van der Waals surface area contributed by atoms with Crippen LogP contribution in [0.5, 0.6) is 0 Å².